The van der Waals surface area contributed by atoms with E-state index in [-0.39, 0.29) is 6.03 Å². The molecule has 4 rings (SSSR count). The second kappa shape index (κ2) is 5.96. The van der Waals surface area contributed by atoms with E-state index in [4.69, 9.17) is 0 Å². The molecular weight excluding hydrogens is 307 g/mol. The molecule has 2 heterocycles. The van der Waals surface area contributed by atoms with Crippen molar-refractivity contribution in [2.75, 3.05) is 10.6 Å². The van der Waals surface area contributed by atoms with Crippen molar-refractivity contribution in [3.05, 3.63) is 53.6 Å². The molecule has 2 amide bonds. The molecule has 6 heteroatoms. The van der Waals surface area contributed by atoms with Gasteiger partial charge in [0.05, 0.1) is 11.9 Å². The number of aryl methyl sites for hydroxylation is 1. The Morgan fingerprint density at radius 1 is 1.17 bits per heavy atom. The van der Waals surface area contributed by atoms with Crippen LogP contribution >= 0.6 is 0 Å². The highest BCUT2D eigenvalue weighted by molar-refractivity contribution is 6.05. The van der Waals surface area contributed by atoms with Crippen molar-refractivity contribution in [2.24, 2.45) is 0 Å². The number of anilines is 2. The van der Waals surface area contributed by atoms with E-state index in [9.17, 15) is 9.18 Å². The van der Waals surface area contributed by atoms with Gasteiger partial charge in [0.2, 0.25) is 0 Å². The lowest BCUT2D eigenvalue weighted by Crippen LogP contribution is -2.21. The second-order valence-corrected chi connectivity index (χ2v) is 5.98. The van der Waals surface area contributed by atoms with Crippen LogP contribution in [0.3, 0.4) is 0 Å². The fourth-order valence-electron chi connectivity index (χ4n) is 3.26. The number of hydrogen-bond acceptors (Lipinski definition) is 2. The molecule has 1 aliphatic carbocycles. The summed E-state index contributed by atoms with van der Waals surface area (Å²) in [4.78, 5) is 19.2. The molecule has 0 bridgehead atoms. The van der Waals surface area contributed by atoms with Crippen LogP contribution in [0.5, 0.6) is 0 Å². The van der Waals surface area contributed by atoms with Crippen molar-refractivity contribution >= 4 is 28.4 Å². The van der Waals surface area contributed by atoms with E-state index in [0.717, 1.165) is 31.1 Å². The van der Waals surface area contributed by atoms with Crippen molar-refractivity contribution in [3.63, 3.8) is 0 Å². The largest absolute Gasteiger partial charge is 0.344 e. The quantitative estimate of drug-likeness (QED) is 0.660. The molecule has 1 aliphatic rings. The van der Waals surface area contributed by atoms with E-state index < -0.39 is 5.82 Å². The van der Waals surface area contributed by atoms with Crippen molar-refractivity contribution < 1.29 is 9.18 Å². The minimum atomic E-state index is -0.442. The van der Waals surface area contributed by atoms with Crippen LogP contribution in [0, 0.1) is 5.82 Å². The predicted octanol–water partition coefficient (Wildman–Crippen LogP) is 4.22. The van der Waals surface area contributed by atoms with E-state index in [0.29, 0.717) is 16.7 Å². The molecule has 0 saturated heterocycles. The Morgan fingerprint density at radius 3 is 2.92 bits per heavy atom. The van der Waals surface area contributed by atoms with Gasteiger partial charge in [-0.2, -0.15) is 0 Å². The first-order valence-electron chi connectivity index (χ1n) is 8.02. The van der Waals surface area contributed by atoms with Gasteiger partial charge in [-0.15, -0.1) is 0 Å². The molecular formula is C18H17FN4O. The second-order valence-electron chi connectivity index (χ2n) is 5.98. The van der Waals surface area contributed by atoms with Gasteiger partial charge in [0.25, 0.3) is 0 Å². The van der Waals surface area contributed by atoms with Crippen molar-refractivity contribution in [2.45, 2.75) is 25.7 Å². The summed E-state index contributed by atoms with van der Waals surface area (Å²) in [6.07, 6.45) is 7.11. The van der Waals surface area contributed by atoms with Gasteiger partial charge in [-0.25, -0.2) is 14.2 Å². The lowest BCUT2D eigenvalue weighted by molar-refractivity contribution is 0.262. The minimum Gasteiger partial charge on any atom is -0.344 e. The van der Waals surface area contributed by atoms with E-state index in [1.54, 1.807) is 6.20 Å². The number of pyridine rings is 1. The lowest BCUT2D eigenvalue weighted by atomic mass is 9.90. The highest BCUT2D eigenvalue weighted by Gasteiger charge is 2.15. The number of nitrogens with zero attached hydrogens (tertiary/aromatic N) is 1. The summed E-state index contributed by atoms with van der Waals surface area (Å²) in [6, 6.07) is 6.99. The fourth-order valence-corrected chi connectivity index (χ4v) is 3.26. The molecule has 24 heavy (non-hydrogen) atoms. The molecule has 3 aromatic rings. The number of hydrogen-bond donors (Lipinski definition) is 3. The maximum Gasteiger partial charge on any atom is 0.323 e. The van der Waals surface area contributed by atoms with Crippen LogP contribution in [-0.4, -0.2) is 16.0 Å². The number of urea groups is 1. The summed E-state index contributed by atoms with van der Waals surface area (Å²) >= 11 is 0. The molecule has 0 spiro atoms. The number of amides is 2. The third-order valence-corrected chi connectivity index (χ3v) is 4.39. The van der Waals surface area contributed by atoms with Gasteiger partial charge >= 0.3 is 6.03 Å². The van der Waals surface area contributed by atoms with Gasteiger partial charge in [0.1, 0.15) is 11.5 Å². The number of aromatic amines is 1. The molecule has 0 atom stereocenters. The minimum absolute atomic E-state index is 0.348. The van der Waals surface area contributed by atoms with Gasteiger partial charge in [0.15, 0.2) is 0 Å². The first-order chi connectivity index (χ1) is 11.7. The summed E-state index contributed by atoms with van der Waals surface area (Å²) in [6.45, 7) is 0. The summed E-state index contributed by atoms with van der Waals surface area (Å²) in [5.74, 6) is -0.442. The number of aromatic nitrogens is 2. The van der Waals surface area contributed by atoms with Crippen LogP contribution < -0.4 is 10.6 Å². The van der Waals surface area contributed by atoms with Crippen molar-refractivity contribution in [3.8, 4) is 0 Å². The zero-order valence-corrected chi connectivity index (χ0v) is 13.0. The van der Waals surface area contributed by atoms with E-state index in [1.807, 2.05) is 12.1 Å². The Labute approximate surface area is 138 Å². The molecule has 0 fully saturated rings. The Balaban J connectivity index is 1.56. The first kappa shape index (κ1) is 14.7. The van der Waals surface area contributed by atoms with Crippen molar-refractivity contribution in [1.82, 2.24) is 9.97 Å². The molecule has 3 N–H and O–H groups in total. The summed E-state index contributed by atoms with van der Waals surface area (Å²) < 4.78 is 13.4. The van der Waals surface area contributed by atoms with Gasteiger partial charge in [-0.3, -0.25) is 0 Å². The summed E-state index contributed by atoms with van der Waals surface area (Å²) in [5, 5.41) is 6.21. The average molecular weight is 324 g/mol. The smallest absolute Gasteiger partial charge is 0.323 e. The van der Waals surface area contributed by atoms with Crippen molar-refractivity contribution in [1.29, 1.82) is 0 Å². The summed E-state index contributed by atoms with van der Waals surface area (Å²) in [5.41, 5.74) is 4.39. The Hall–Kier alpha value is -2.89. The van der Waals surface area contributed by atoms with Gasteiger partial charge in [-0.05, 0) is 48.9 Å². The highest BCUT2D eigenvalue weighted by atomic mass is 19.1. The molecule has 0 aliphatic heterocycles. The van der Waals surface area contributed by atoms with Crippen LogP contribution in [0.2, 0.25) is 0 Å². The van der Waals surface area contributed by atoms with Crippen LogP contribution in [0.4, 0.5) is 20.6 Å². The third-order valence-electron chi connectivity index (χ3n) is 4.39. The number of rotatable bonds is 2. The summed E-state index contributed by atoms with van der Waals surface area (Å²) in [7, 11) is 0. The predicted molar refractivity (Wildman–Crippen MR) is 91.8 cm³/mol. The average Bonchev–Trinajstić information content (AvgIpc) is 2.97. The number of nitrogens with one attached hydrogen (secondary N) is 3. The molecule has 0 radical (unpaired) electrons. The fraction of sp³-hybridized carbons (Fsp3) is 0.222. The number of carbonyl (C=O) groups excluding carboxylic acids is 1. The molecule has 0 saturated carbocycles. The number of halogens is 1. The highest BCUT2D eigenvalue weighted by Crippen LogP contribution is 2.28. The molecule has 122 valence electrons. The van der Waals surface area contributed by atoms with Crippen LogP contribution in [-0.2, 0) is 12.8 Å². The number of benzene rings is 1. The van der Waals surface area contributed by atoms with Gasteiger partial charge in [-0.1, -0.05) is 12.1 Å². The van der Waals surface area contributed by atoms with Crippen LogP contribution in [0.15, 0.2) is 36.7 Å². The zero-order valence-electron chi connectivity index (χ0n) is 13.0. The third kappa shape index (κ3) is 2.71. The van der Waals surface area contributed by atoms with Gasteiger partial charge in [0, 0.05) is 17.3 Å². The van der Waals surface area contributed by atoms with E-state index in [2.05, 4.69) is 26.7 Å². The zero-order chi connectivity index (χ0) is 16.5. The van der Waals surface area contributed by atoms with E-state index in [1.165, 1.54) is 23.6 Å². The maximum atomic E-state index is 13.4. The number of H-pyrrole nitrogens is 1. The van der Waals surface area contributed by atoms with E-state index >= 15 is 0 Å². The molecule has 1 aromatic carbocycles. The monoisotopic (exact) mass is 324 g/mol. The standard InChI is InChI=1S/C18H17FN4O/c19-12-8-14-16(10-21-17(14)20-9-12)23-18(24)22-15-7-3-5-11-4-1-2-6-13(11)15/h3,5,7-10H,1-2,4,6H2,(H,20,21)(H2,22,23,24). The Kier molecular flexibility index (Phi) is 3.65. The Bertz CT molecular complexity index is 919. The normalized spacial score (nSPS) is 13.5. The number of carbonyl (C=O) groups is 1. The SMILES string of the molecule is O=C(Nc1cccc2c1CCCC2)Nc1c[nH]c2ncc(F)cc12. The number of fused-ring (bicyclic) bond motifs is 2. The topological polar surface area (TPSA) is 69.8 Å². The molecule has 2 aromatic heterocycles. The van der Waals surface area contributed by atoms with Crippen LogP contribution in [0.1, 0.15) is 24.0 Å². The Morgan fingerprint density at radius 2 is 2.00 bits per heavy atom. The molecule has 5 nitrogen and oxygen atoms in total. The maximum absolute atomic E-state index is 13.4. The lowest BCUT2D eigenvalue weighted by Gasteiger charge is -2.19. The van der Waals surface area contributed by atoms with Gasteiger partial charge < -0.3 is 15.6 Å². The van der Waals surface area contributed by atoms with Crippen LogP contribution in [0.25, 0.3) is 11.0 Å². The first-order valence-corrected chi connectivity index (χ1v) is 8.02. The molecule has 0 unspecified atom stereocenters.